The van der Waals surface area contributed by atoms with E-state index in [-0.39, 0.29) is 6.10 Å². The van der Waals surface area contributed by atoms with Crippen molar-refractivity contribution in [3.05, 3.63) is 35.4 Å². The molecule has 1 atom stereocenters. The second-order valence-electron chi connectivity index (χ2n) is 4.39. The lowest BCUT2D eigenvalue weighted by Crippen LogP contribution is -2.18. The second-order valence-corrected chi connectivity index (χ2v) is 4.39. The van der Waals surface area contributed by atoms with Crippen LogP contribution in [0.2, 0.25) is 0 Å². The van der Waals surface area contributed by atoms with Crippen molar-refractivity contribution >= 4 is 11.9 Å². The lowest BCUT2D eigenvalue weighted by Gasteiger charge is -2.12. The first kappa shape index (κ1) is 11.6. The Morgan fingerprint density at radius 3 is 2.59 bits per heavy atom. The number of nitrogens with two attached hydrogens (primary N) is 1. The van der Waals surface area contributed by atoms with Gasteiger partial charge in [-0.1, -0.05) is 6.07 Å². The molecule has 0 radical (unpaired) electrons. The summed E-state index contributed by atoms with van der Waals surface area (Å²) in [5.74, 6) is -0.444. The Morgan fingerprint density at radius 2 is 2.00 bits per heavy atom. The highest BCUT2D eigenvalue weighted by Gasteiger charge is 2.30. The van der Waals surface area contributed by atoms with Gasteiger partial charge in [0.15, 0.2) is 0 Å². The maximum absolute atomic E-state index is 11.8. The van der Waals surface area contributed by atoms with Gasteiger partial charge in [0.25, 0.3) is 0 Å². The number of benzene rings is 1. The number of rotatable bonds is 4. The van der Waals surface area contributed by atoms with Crippen molar-refractivity contribution in [1.29, 1.82) is 0 Å². The third-order valence-corrected chi connectivity index (χ3v) is 2.96. The van der Waals surface area contributed by atoms with Crippen molar-refractivity contribution in [3.63, 3.8) is 0 Å². The van der Waals surface area contributed by atoms with Gasteiger partial charge in [-0.15, -0.1) is 0 Å². The van der Waals surface area contributed by atoms with E-state index >= 15 is 0 Å². The lowest BCUT2D eigenvalue weighted by molar-refractivity contribution is 0.0294. The third-order valence-electron chi connectivity index (χ3n) is 2.96. The minimum atomic E-state index is -0.546. The number of carbonyl (C=O) groups is 2. The number of hydrogen-bond donors (Lipinski definition) is 1. The fourth-order valence-electron chi connectivity index (χ4n) is 1.70. The van der Waals surface area contributed by atoms with Gasteiger partial charge < -0.3 is 10.5 Å². The SMILES string of the molecule is C[C@H](OC(=O)c1cccc(C(N)=O)c1)C1CC1. The van der Waals surface area contributed by atoms with Crippen LogP contribution in [-0.2, 0) is 4.74 Å². The molecule has 1 aliphatic carbocycles. The molecule has 1 aromatic rings. The van der Waals surface area contributed by atoms with Crippen LogP contribution in [-0.4, -0.2) is 18.0 Å². The quantitative estimate of drug-likeness (QED) is 0.805. The van der Waals surface area contributed by atoms with E-state index in [1.807, 2.05) is 6.92 Å². The van der Waals surface area contributed by atoms with Crippen LogP contribution in [0.3, 0.4) is 0 Å². The van der Waals surface area contributed by atoms with Crippen molar-refractivity contribution in [2.45, 2.75) is 25.9 Å². The topological polar surface area (TPSA) is 69.4 Å². The number of amides is 1. The van der Waals surface area contributed by atoms with E-state index in [0.29, 0.717) is 17.0 Å². The first-order valence-electron chi connectivity index (χ1n) is 5.69. The molecule has 1 amide bonds. The number of esters is 1. The smallest absolute Gasteiger partial charge is 0.338 e. The summed E-state index contributed by atoms with van der Waals surface area (Å²) in [6, 6.07) is 6.28. The summed E-state index contributed by atoms with van der Waals surface area (Å²) in [7, 11) is 0. The molecule has 4 heteroatoms. The molecule has 1 fully saturated rings. The van der Waals surface area contributed by atoms with E-state index < -0.39 is 11.9 Å². The maximum Gasteiger partial charge on any atom is 0.338 e. The Morgan fingerprint density at radius 1 is 1.35 bits per heavy atom. The van der Waals surface area contributed by atoms with E-state index in [4.69, 9.17) is 10.5 Å². The zero-order valence-electron chi connectivity index (χ0n) is 9.68. The zero-order chi connectivity index (χ0) is 12.4. The molecule has 4 nitrogen and oxygen atoms in total. The first-order valence-corrected chi connectivity index (χ1v) is 5.69. The van der Waals surface area contributed by atoms with Gasteiger partial charge in [0.2, 0.25) is 5.91 Å². The maximum atomic E-state index is 11.8. The molecule has 0 heterocycles. The van der Waals surface area contributed by atoms with Crippen molar-refractivity contribution < 1.29 is 14.3 Å². The molecule has 0 aromatic heterocycles. The van der Waals surface area contributed by atoms with Gasteiger partial charge in [0.1, 0.15) is 6.10 Å². The number of carbonyl (C=O) groups excluding carboxylic acids is 2. The summed E-state index contributed by atoms with van der Waals surface area (Å²) in [5, 5.41) is 0. The Kier molecular flexibility index (Phi) is 3.13. The van der Waals surface area contributed by atoms with Crippen molar-refractivity contribution in [1.82, 2.24) is 0 Å². The van der Waals surface area contributed by atoms with Gasteiger partial charge in [0, 0.05) is 5.56 Å². The van der Waals surface area contributed by atoms with Crippen LogP contribution in [0.15, 0.2) is 24.3 Å². The Balaban J connectivity index is 2.07. The Labute approximate surface area is 99.8 Å². The van der Waals surface area contributed by atoms with Gasteiger partial charge in [-0.05, 0) is 43.9 Å². The first-order chi connectivity index (χ1) is 8.08. The number of hydrogen-bond acceptors (Lipinski definition) is 3. The number of ether oxygens (including phenoxy) is 1. The zero-order valence-corrected chi connectivity index (χ0v) is 9.68. The summed E-state index contributed by atoms with van der Waals surface area (Å²) >= 11 is 0. The van der Waals surface area contributed by atoms with Crippen LogP contribution in [0.1, 0.15) is 40.5 Å². The van der Waals surface area contributed by atoms with Crippen molar-refractivity contribution in [2.75, 3.05) is 0 Å². The summed E-state index contributed by atoms with van der Waals surface area (Å²) in [6.07, 6.45) is 2.19. The molecule has 1 aromatic carbocycles. The molecule has 90 valence electrons. The van der Waals surface area contributed by atoms with Crippen LogP contribution in [0.5, 0.6) is 0 Å². The van der Waals surface area contributed by atoms with Gasteiger partial charge in [-0.3, -0.25) is 4.79 Å². The molecular formula is C13H15NO3. The third kappa shape index (κ3) is 2.84. The largest absolute Gasteiger partial charge is 0.459 e. The van der Waals surface area contributed by atoms with Crippen LogP contribution in [0.4, 0.5) is 0 Å². The Bertz CT molecular complexity index is 452. The van der Waals surface area contributed by atoms with E-state index in [1.54, 1.807) is 18.2 Å². The molecule has 0 bridgehead atoms. The fourth-order valence-corrected chi connectivity index (χ4v) is 1.70. The molecule has 2 N–H and O–H groups in total. The molecule has 1 aliphatic rings. The molecule has 0 saturated heterocycles. The average molecular weight is 233 g/mol. The van der Waals surface area contributed by atoms with Gasteiger partial charge in [-0.2, -0.15) is 0 Å². The van der Waals surface area contributed by atoms with Gasteiger partial charge in [0.05, 0.1) is 5.56 Å². The predicted octanol–water partition coefficient (Wildman–Crippen LogP) is 1.74. The highest BCUT2D eigenvalue weighted by Crippen LogP contribution is 2.34. The molecule has 0 unspecified atom stereocenters. The highest BCUT2D eigenvalue weighted by molar-refractivity contribution is 5.97. The average Bonchev–Trinajstić information content (AvgIpc) is 3.12. The molecule has 0 aliphatic heterocycles. The van der Waals surface area contributed by atoms with Gasteiger partial charge in [-0.25, -0.2) is 4.79 Å². The van der Waals surface area contributed by atoms with Crippen molar-refractivity contribution in [2.24, 2.45) is 11.7 Å². The minimum Gasteiger partial charge on any atom is -0.459 e. The van der Waals surface area contributed by atoms with Crippen LogP contribution < -0.4 is 5.73 Å². The summed E-state index contributed by atoms with van der Waals surface area (Å²) in [4.78, 5) is 22.8. The minimum absolute atomic E-state index is 0.0558. The van der Waals surface area contributed by atoms with Crippen molar-refractivity contribution in [3.8, 4) is 0 Å². The number of primary amides is 1. The summed E-state index contributed by atoms with van der Waals surface area (Å²) in [6.45, 7) is 1.90. The van der Waals surface area contributed by atoms with E-state index in [2.05, 4.69) is 0 Å². The lowest BCUT2D eigenvalue weighted by atomic mass is 10.1. The van der Waals surface area contributed by atoms with E-state index in [1.165, 1.54) is 6.07 Å². The van der Waals surface area contributed by atoms with Gasteiger partial charge >= 0.3 is 5.97 Å². The normalized spacial score (nSPS) is 16.3. The Hall–Kier alpha value is -1.84. The summed E-state index contributed by atoms with van der Waals surface area (Å²) in [5.41, 5.74) is 5.84. The molecular weight excluding hydrogens is 218 g/mol. The fraction of sp³-hybridized carbons (Fsp3) is 0.385. The van der Waals surface area contributed by atoms with E-state index in [0.717, 1.165) is 12.8 Å². The molecule has 0 spiro atoms. The monoisotopic (exact) mass is 233 g/mol. The summed E-state index contributed by atoms with van der Waals surface area (Å²) < 4.78 is 5.30. The molecule has 2 rings (SSSR count). The second kappa shape index (κ2) is 4.57. The molecule has 1 saturated carbocycles. The van der Waals surface area contributed by atoms with E-state index in [9.17, 15) is 9.59 Å². The molecule has 17 heavy (non-hydrogen) atoms. The highest BCUT2D eigenvalue weighted by atomic mass is 16.5. The predicted molar refractivity (Wildman–Crippen MR) is 62.6 cm³/mol. The standard InChI is InChI=1S/C13H15NO3/c1-8(9-5-6-9)17-13(16)11-4-2-3-10(7-11)12(14)15/h2-4,7-9H,5-6H2,1H3,(H2,14,15)/t8-/m0/s1. The van der Waals surface area contributed by atoms with Crippen LogP contribution in [0, 0.1) is 5.92 Å². The van der Waals surface area contributed by atoms with Crippen LogP contribution in [0.25, 0.3) is 0 Å². The van der Waals surface area contributed by atoms with Crippen LogP contribution >= 0.6 is 0 Å².